The largest absolute Gasteiger partial charge is 0.341 e. The molecule has 7 nitrogen and oxygen atoms in total. The lowest BCUT2D eigenvalue weighted by atomic mass is 10.1. The molecule has 0 N–H and O–H groups in total. The molecule has 1 aromatic carbocycles. The Hall–Kier alpha value is -3.22. The SMILES string of the molecule is CC(C)c1ncc2c(n1)CCN(c1nnc(-c3cc4ccccc4n3C)n1C)C2. The summed E-state index contributed by atoms with van der Waals surface area (Å²) in [4.78, 5) is 11.6. The smallest absolute Gasteiger partial charge is 0.227 e. The first kappa shape index (κ1) is 17.8. The second-order valence-electron chi connectivity index (χ2n) is 8.06. The Morgan fingerprint density at radius 3 is 2.66 bits per heavy atom. The normalized spacial score (nSPS) is 14.0. The summed E-state index contributed by atoms with van der Waals surface area (Å²) in [6, 6.07) is 10.6. The Morgan fingerprint density at radius 1 is 1.03 bits per heavy atom. The summed E-state index contributed by atoms with van der Waals surface area (Å²) in [5.74, 6) is 3.02. The van der Waals surface area contributed by atoms with Crippen molar-refractivity contribution in [2.24, 2.45) is 14.1 Å². The molecule has 0 aliphatic carbocycles. The number of aromatic nitrogens is 6. The molecule has 0 saturated carbocycles. The van der Waals surface area contributed by atoms with Gasteiger partial charge in [0.2, 0.25) is 5.95 Å². The van der Waals surface area contributed by atoms with Crippen molar-refractivity contribution in [3.8, 4) is 11.5 Å². The van der Waals surface area contributed by atoms with Crippen LogP contribution in [0.5, 0.6) is 0 Å². The highest BCUT2D eigenvalue weighted by Gasteiger charge is 2.24. The first-order valence-corrected chi connectivity index (χ1v) is 10.1. The summed E-state index contributed by atoms with van der Waals surface area (Å²) in [6.45, 7) is 5.90. The van der Waals surface area contributed by atoms with E-state index in [-0.39, 0.29) is 0 Å². The fraction of sp³-hybridized carbons (Fsp3) is 0.364. The van der Waals surface area contributed by atoms with Gasteiger partial charge in [0.05, 0.1) is 11.4 Å². The van der Waals surface area contributed by atoms with E-state index >= 15 is 0 Å². The Balaban J connectivity index is 1.48. The minimum absolute atomic E-state index is 0.348. The van der Waals surface area contributed by atoms with Crippen molar-refractivity contribution in [1.29, 1.82) is 0 Å². The molecule has 0 unspecified atom stereocenters. The van der Waals surface area contributed by atoms with Crippen LogP contribution in [0.25, 0.3) is 22.4 Å². The highest BCUT2D eigenvalue weighted by molar-refractivity contribution is 5.85. The first-order chi connectivity index (χ1) is 14.0. The molecule has 0 spiro atoms. The van der Waals surface area contributed by atoms with E-state index in [1.807, 2.05) is 13.2 Å². The molecule has 4 aromatic rings. The maximum atomic E-state index is 4.77. The topological polar surface area (TPSA) is 64.7 Å². The molecule has 0 radical (unpaired) electrons. The van der Waals surface area contributed by atoms with Crippen LogP contribution >= 0.6 is 0 Å². The number of fused-ring (bicyclic) bond motifs is 2. The van der Waals surface area contributed by atoms with Gasteiger partial charge in [-0.3, -0.25) is 4.57 Å². The van der Waals surface area contributed by atoms with Crippen LogP contribution in [0.1, 0.15) is 36.8 Å². The Morgan fingerprint density at radius 2 is 1.86 bits per heavy atom. The van der Waals surface area contributed by atoms with E-state index in [1.165, 1.54) is 16.5 Å². The van der Waals surface area contributed by atoms with Gasteiger partial charge in [-0.25, -0.2) is 9.97 Å². The molecule has 148 valence electrons. The second kappa shape index (κ2) is 6.69. The van der Waals surface area contributed by atoms with Crippen LogP contribution < -0.4 is 4.90 Å². The van der Waals surface area contributed by atoms with E-state index in [2.05, 4.69) is 80.4 Å². The monoisotopic (exact) mass is 387 g/mol. The molecule has 0 fully saturated rings. The maximum Gasteiger partial charge on any atom is 0.227 e. The van der Waals surface area contributed by atoms with E-state index in [4.69, 9.17) is 4.98 Å². The zero-order valence-corrected chi connectivity index (χ0v) is 17.3. The molecule has 0 saturated heterocycles. The quantitative estimate of drug-likeness (QED) is 0.539. The van der Waals surface area contributed by atoms with Gasteiger partial charge in [0.25, 0.3) is 0 Å². The summed E-state index contributed by atoms with van der Waals surface area (Å²) >= 11 is 0. The molecule has 1 aliphatic heterocycles. The van der Waals surface area contributed by atoms with Crippen LogP contribution in [0.15, 0.2) is 36.5 Å². The fourth-order valence-electron chi connectivity index (χ4n) is 4.10. The molecule has 0 atom stereocenters. The van der Waals surface area contributed by atoms with E-state index in [9.17, 15) is 0 Å². The number of benzene rings is 1. The molecular weight excluding hydrogens is 362 g/mol. The van der Waals surface area contributed by atoms with Gasteiger partial charge < -0.3 is 9.47 Å². The van der Waals surface area contributed by atoms with Gasteiger partial charge >= 0.3 is 0 Å². The lowest BCUT2D eigenvalue weighted by Gasteiger charge is -2.28. The van der Waals surface area contributed by atoms with Gasteiger partial charge in [-0.2, -0.15) is 0 Å². The van der Waals surface area contributed by atoms with E-state index in [0.29, 0.717) is 5.92 Å². The van der Waals surface area contributed by atoms with Crippen LogP contribution in [0.2, 0.25) is 0 Å². The zero-order valence-electron chi connectivity index (χ0n) is 17.3. The average molecular weight is 387 g/mol. The lowest BCUT2D eigenvalue weighted by molar-refractivity contribution is 0.652. The molecule has 29 heavy (non-hydrogen) atoms. The van der Waals surface area contributed by atoms with Crippen LogP contribution in [0.3, 0.4) is 0 Å². The van der Waals surface area contributed by atoms with E-state index < -0.39 is 0 Å². The van der Waals surface area contributed by atoms with Gasteiger partial charge in [0.1, 0.15) is 5.82 Å². The number of aryl methyl sites for hydroxylation is 1. The number of para-hydroxylation sites is 1. The van der Waals surface area contributed by atoms with Crippen LogP contribution in [-0.2, 0) is 27.1 Å². The molecule has 4 heterocycles. The number of hydrogen-bond donors (Lipinski definition) is 0. The Labute approximate surface area is 170 Å². The predicted octanol–water partition coefficient (Wildman–Crippen LogP) is 3.45. The highest BCUT2D eigenvalue weighted by atomic mass is 15.4. The molecular formula is C22H25N7. The second-order valence-corrected chi connectivity index (χ2v) is 8.06. The van der Waals surface area contributed by atoms with Gasteiger partial charge in [-0.1, -0.05) is 32.0 Å². The predicted molar refractivity (Wildman–Crippen MR) is 114 cm³/mol. The summed E-state index contributed by atoms with van der Waals surface area (Å²) in [5.41, 5.74) is 4.60. The number of rotatable bonds is 3. The molecule has 3 aromatic heterocycles. The minimum atomic E-state index is 0.348. The van der Waals surface area contributed by atoms with Crippen LogP contribution in [0.4, 0.5) is 5.95 Å². The first-order valence-electron chi connectivity index (χ1n) is 10.1. The van der Waals surface area contributed by atoms with Crippen molar-refractivity contribution in [3.63, 3.8) is 0 Å². The van der Waals surface area contributed by atoms with Crippen LogP contribution in [0, 0.1) is 0 Å². The van der Waals surface area contributed by atoms with Crippen molar-refractivity contribution in [3.05, 3.63) is 53.6 Å². The third-order valence-corrected chi connectivity index (χ3v) is 5.78. The highest BCUT2D eigenvalue weighted by Crippen LogP contribution is 2.29. The number of nitrogens with zero attached hydrogens (tertiary/aromatic N) is 7. The molecule has 7 heteroatoms. The van der Waals surface area contributed by atoms with Crippen molar-refractivity contribution in [1.82, 2.24) is 29.3 Å². The Kier molecular flexibility index (Phi) is 4.12. The molecule has 1 aliphatic rings. The van der Waals surface area contributed by atoms with Crippen molar-refractivity contribution in [2.75, 3.05) is 11.4 Å². The van der Waals surface area contributed by atoms with Gasteiger partial charge in [-0.05, 0) is 12.1 Å². The van der Waals surface area contributed by atoms with Crippen molar-refractivity contribution < 1.29 is 0 Å². The molecule has 5 rings (SSSR count). The number of anilines is 1. The van der Waals surface area contributed by atoms with E-state index in [1.54, 1.807) is 0 Å². The minimum Gasteiger partial charge on any atom is -0.341 e. The van der Waals surface area contributed by atoms with Crippen LogP contribution in [-0.4, -0.2) is 35.8 Å². The molecule has 0 bridgehead atoms. The third-order valence-electron chi connectivity index (χ3n) is 5.78. The standard InChI is InChI=1S/C22H25N7/c1-14(2)20-23-12-16-13-29(10-9-17(16)24-20)22-26-25-21(28(22)4)19-11-15-7-5-6-8-18(15)27(19)3/h5-8,11-12,14H,9-10,13H2,1-4H3. The summed E-state index contributed by atoms with van der Waals surface area (Å²) in [5, 5.41) is 10.3. The average Bonchev–Trinajstić information content (AvgIpc) is 3.27. The summed E-state index contributed by atoms with van der Waals surface area (Å²) in [6.07, 6.45) is 2.87. The molecule has 0 amide bonds. The van der Waals surface area contributed by atoms with E-state index in [0.717, 1.165) is 48.5 Å². The summed E-state index contributed by atoms with van der Waals surface area (Å²) < 4.78 is 4.26. The van der Waals surface area contributed by atoms with Gasteiger partial charge in [0.15, 0.2) is 5.82 Å². The summed E-state index contributed by atoms with van der Waals surface area (Å²) in [7, 11) is 4.11. The Bertz CT molecular complexity index is 1200. The van der Waals surface area contributed by atoms with Gasteiger partial charge in [-0.15, -0.1) is 10.2 Å². The number of hydrogen-bond acceptors (Lipinski definition) is 5. The lowest BCUT2D eigenvalue weighted by Crippen LogP contribution is -2.33. The fourth-order valence-corrected chi connectivity index (χ4v) is 4.10. The maximum absolute atomic E-state index is 4.77. The third kappa shape index (κ3) is 2.88. The van der Waals surface area contributed by atoms with Crippen molar-refractivity contribution in [2.45, 2.75) is 32.7 Å². The van der Waals surface area contributed by atoms with Crippen molar-refractivity contribution >= 4 is 16.9 Å². The zero-order chi connectivity index (χ0) is 20.1. The van der Waals surface area contributed by atoms with Gasteiger partial charge in [0, 0.05) is 62.2 Å².